The lowest BCUT2D eigenvalue weighted by atomic mass is 10.1. The van der Waals surface area contributed by atoms with E-state index in [0.717, 1.165) is 10.9 Å². The highest BCUT2D eigenvalue weighted by Gasteiger charge is 2.17. The Morgan fingerprint density at radius 2 is 1.82 bits per heavy atom. The largest absolute Gasteiger partial charge is 0.204 e. The van der Waals surface area contributed by atoms with Crippen LogP contribution in [0.1, 0.15) is 26.3 Å². The first-order valence-electron chi connectivity index (χ1n) is 5.46. The molecule has 0 spiro atoms. The predicted octanol–water partition coefficient (Wildman–Crippen LogP) is 2.99. The van der Waals surface area contributed by atoms with E-state index in [1.807, 2.05) is 32.9 Å². The van der Waals surface area contributed by atoms with Crippen molar-refractivity contribution in [2.75, 3.05) is 0 Å². The Labute approximate surface area is 109 Å². The van der Waals surface area contributed by atoms with Crippen molar-refractivity contribution in [3.63, 3.8) is 0 Å². The molecule has 0 fully saturated rings. The summed E-state index contributed by atoms with van der Waals surface area (Å²) in [6.07, 6.45) is 0. The number of nitrogens with zero attached hydrogens (tertiary/aromatic N) is 4. The van der Waals surface area contributed by atoms with Crippen LogP contribution in [0.3, 0.4) is 0 Å². The lowest BCUT2D eigenvalue weighted by Gasteiger charge is -2.15. The second-order valence-corrected chi connectivity index (χ2v) is 5.46. The molecule has 4 nitrogen and oxygen atoms in total. The zero-order chi connectivity index (χ0) is 12.5. The van der Waals surface area contributed by atoms with Gasteiger partial charge in [0.05, 0.1) is 5.54 Å². The first-order chi connectivity index (χ1) is 8.00. The number of alkyl halides is 1. The quantitative estimate of drug-likeness (QED) is 0.800. The minimum atomic E-state index is -0.138. The molecule has 0 saturated carbocycles. The molecule has 0 atom stereocenters. The van der Waals surface area contributed by atoms with Gasteiger partial charge in [0.2, 0.25) is 5.82 Å². The second kappa shape index (κ2) is 4.56. The van der Waals surface area contributed by atoms with Gasteiger partial charge in [-0.05, 0) is 31.5 Å². The van der Waals surface area contributed by atoms with Gasteiger partial charge in [-0.15, -0.1) is 10.2 Å². The molecule has 0 aliphatic rings. The third kappa shape index (κ3) is 2.72. The Morgan fingerprint density at radius 1 is 1.18 bits per heavy atom. The topological polar surface area (TPSA) is 43.6 Å². The standard InChI is InChI=1S/C12H15BrN4/c1-12(2,3)17-15-11(14-16-17)10-6-4-9(8-13)5-7-10/h4-7H,8H2,1-3H3. The van der Waals surface area contributed by atoms with E-state index in [-0.39, 0.29) is 5.54 Å². The zero-order valence-corrected chi connectivity index (χ0v) is 11.8. The molecule has 1 heterocycles. The Hall–Kier alpha value is -1.23. The van der Waals surface area contributed by atoms with Crippen LogP contribution >= 0.6 is 15.9 Å². The third-order valence-corrected chi connectivity index (χ3v) is 3.03. The van der Waals surface area contributed by atoms with Crippen molar-refractivity contribution in [1.29, 1.82) is 0 Å². The van der Waals surface area contributed by atoms with Crippen LogP contribution in [0.25, 0.3) is 11.4 Å². The van der Waals surface area contributed by atoms with Gasteiger partial charge in [-0.1, -0.05) is 40.2 Å². The van der Waals surface area contributed by atoms with E-state index in [1.54, 1.807) is 4.80 Å². The van der Waals surface area contributed by atoms with Crippen molar-refractivity contribution < 1.29 is 0 Å². The minimum Gasteiger partial charge on any atom is -0.158 e. The average molecular weight is 295 g/mol. The normalized spacial score (nSPS) is 11.8. The molecule has 0 unspecified atom stereocenters. The fourth-order valence-electron chi connectivity index (χ4n) is 1.36. The lowest BCUT2D eigenvalue weighted by Crippen LogP contribution is -2.24. The number of hydrogen-bond acceptors (Lipinski definition) is 3. The molecule has 1 aromatic carbocycles. The highest BCUT2D eigenvalue weighted by molar-refractivity contribution is 9.08. The van der Waals surface area contributed by atoms with Crippen LogP contribution in [0, 0.1) is 0 Å². The summed E-state index contributed by atoms with van der Waals surface area (Å²) in [6.45, 7) is 6.14. The van der Waals surface area contributed by atoms with Gasteiger partial charge >= 0.3 is 0 Å². The van der Waals surface area contributed by atoms with Crippen molar-refractivity contribution in [2.24, 2.45) is 0 Å². The van der Waals surface area contributed by atoms with Gasteiger partial charge in [-0.3, -0.25) is 0 Å². The monoisotopic (exact) mass is 294 g/mol. The Balaban J connectivity index is 2.30. The number of aromatic nitrogens is 4. The molecule has 0 N–H and O–H groups in total. The fourth-order valence-corrected chi connectivity index (χ4v) is 1.73. The summed E-state index contributed by atoms with van der Waals surface area (Å²) in [5, 5.41) is 13.4. The number of rotatable bonds is 2. The summed E-state index contributed by atoms with van der Waals surface area (Å²) in [6, 6.07) is 8.14. The Kier molecular flexibility index (Phi) is 3.28. The third-order valence-electron chi connectivity index (χ3n) is 2.38. The molecular formula is C12H15BrN4. The van der Waals surface area contributed by atoms with Crippen LogP contribution < -0.4 is 0 Å². The second-order valence-electron chi connectivity index (χ2n) is 4.90. The first-order valence-corrected chi connectivity index (χ1v) is 6.58. The molecule has 90 valence electrons. The molecule has 2 rings (SSSR count). The molecule has 0 bridgehead atoms. The molecule has 17 heavy (non-hydrogen) atoms. The van der Waals surface area contributed by atoms with Gasteiger partial charge < -0.3 is 0 Å². The maximum absolute atomic E-state index is 4.39. The summed E-state index contributed by atoms with van der Waals surface area (Å²) < 4.78 is 0. The smallest absolute Gasteiger partial charge is 0.158 e. The van der Waals surface area contributed by atoms with Gasteiger partial charge in [0, 0.05) is 10.9 Å². The van der Waals surface area contributed by atoms with E-state index in [2.05, 4.69) is 43.5 Å². The molecule has 5 heteroatoms. The van der Waals surface area contributed by atoms with Gasteiger partial charge in [0.1, 0.15) is 0 Å². The van der Waals surface area contributed by atoms with Crippen LogP contribution in [0.4, 0.5) is 0 Å². The van der Waals surface area contributed by atoms with E-state index >= 15 is 0 Å². The van der Waals surface area contributed by atoms with E-state index in [9.17, 15) is 0 Å². The van der Waals surface area contributed by atoms with Gasteiger partial charge in [0.25, 0.3) is 0 Å². The maximum Gasteiger partial charge on any atom is 0.204 e. The number of tetrazole rings is 1. The summed E-state index contributed by atoms with van der Waals surface area (Å²) in [4.78, 5) is 1.64. The predicted molar refractivity (Wildman–Crippen MR) is 70.9 cm³/mol. The van der Waals surface area contributed by atoms with Crippen molar-refractivity contribution in [3.05, 3.63) is 29.8 Å². The fraction of sp³-hybridized carbons (Fsp3) is 0.417. The molecule has 0 radical (unpaired) electrons. The first kappa shape index (κ1) is 12.2. The summed E-state index contributed by atoms with van der Waals surface area (Å²) in [5.41, 5.74) is 2.09. The number of hydrogen-bond donors (Lipinski definition) is 0. The Bertz CT molecular complexity index is 496. The van der Waals surface area contributed by atoms with Gasteiger partial charge in [-0.25, -0.2) is 0 Å². The molecule has 2 aromatic rings. The van der Waals surface area contributed by atoms with E-state index in [0.29, 0.717) is 5.82 Å². The highest BCUT2D eigenvalue weighted by atomic mass is 79.9. The van der Waals surface area contributed by atoms with Crippen molar-refractivity contribution in [2.45, 2.75) is 31.6 Å². The summed E-state index contributed by atoms with van der Waals surface area (Å²) in [7, 11) is 0. The number of halogens is 1. The van der Waals surface area contributed by atoms with E-state index < -0.39 is 0 Å². The summed E-state index contributed by atoms with van der Waals surface area (Å²) >= 11 is 3.42. The minimum absolute atomic E-state index is 0.138. The van der Waals surface area contributed by atoms with Crippen LogP contribution in [0.5, 0.6) is 0 Å². The van der Waals surface area contributed by atoms with Crippen LogP contribution in [-0.2, 0) is 10.9 Å². The van der Waals surface area contributed by atoms with Crippen molar-refractivity contribution in [3.8, 4) is 11.4 Å². The molecule has 0 amide bonds. The molecule has 0 aliphatic heterocycles. The van der Waals surface area contributed by atoms with Crippen LogP contribution in [0.15, 0.2) is 24.3 Å². The molecule has 0 aliphatic carbocycles. The molecule has 1 aromatic heterocycles. The van der Waals surface area contributed by atoms with E-state index in [4.69, 9.17) is 0 Å². The SMILES string of the molecule is CC(C)(C)n1nnc(-c2ccc(CBr)cc2)n1. The van der Waals surface area contributed by atoms with Crippen molar-refractivity contribution in [1.82, 2.24) is 20.2 Å². The van der Waals surface area contributed by atoms with Gasteiger partial charge in [0.15, 0.2) is 0 Å². The highest BCUT2D eigenvalue weighted by Crippen LogP contribution is 2.18. The van der Waals surface area contributed by atoms with E-state index in [1.165, 1.54) is 5.56 Å². The zero-order valence-electron chi connectivity index (χ0n) is 10.2. The van der Waals surface area contributed by atoms with Crippen LogP contribution in [-0.4, -0.2) is 20.2 Å². The van der Waals surface area contributed by atoms with Gasteiger partial charge in [-0.2, -0.15) is 4.80 Å². The summed E-state index contributed by atoms with van der Waals surface area (Å²) in [5.74, 6) is 0.668. The van der Waals surface area contributed by atoms with Crippen molar-refractivity contribution >= 4 is 15.9 Å². The average Bonchev–Trinajstić information content (AvgIpc) is 2.78. The lowest BCUT2D eigenvalue weighted by molar-refractivity contribution is 0.306. The Morgan fingerprint density at radius 3 is 2.29 bits per heavy atom. The molecule has 0 saturated heterocycles. The van der Waals surface area contributed by atoms with Crippen LogP contribution in [0.2, 0.25) is 0 Å². The number of benzene rings is 1. The maximum atomic E-state index is 4.39. The molecular weight excluding hydrogens is 280 g/mol.